The molecule has 1 heterocycles. The van der Waals surface area contributed by atoms with Gasteiger partial charge in [-0.3, -0.25) is 4.79 Å². The summed E-state index contributed by atoms with van der Waals surface area (Å²) < 4.78 is 77.1. The molecule has 0 fully saturated rings. The van der Waals surface area contributed by atoms with Crippen molar-refractivity contribution in [3.63, 3.8) is 0 Å². The third kappa shape index (κ3) is 3.29. The van der Waals surface area contributed by atoms with Crippen LogP contribution in [-0.4, -0.2) is 26.3 Å². The smallest absolute Gasteiger partial charge is 0.320 e. The molecule has 0 bridgehead atoms. The molecule has 5 nitrogen and oxygen atoms in total. The van der Waals surface area contributed by atoms with Crippen LogP contribution in [0.15, 0.2) is 42.5 Å². The van der Waals surface area contributed by atoms with E-state index < -0.39 is 33.7 Å². The first-order valence-electron chi connectivity index (χ1n) is 6.88. The first-order valence-corrected chi connectivity index (χ1v) is 8.49. The number of carbonyl (C=O) groups is 1. The molecule has 1 aliphatic rings. The summed E-state index contributed by atoms with van der Waals surface area (Å²) in [6.07, 6.45) is -4.99. The Balaban J connectivity index is 2.30. The topological polar surface area (TPSA) is 66.5 Å². The minimum Gasteiger partial charge on any atom is -0.320 e. The van der Waals surface area contributed by atoms with Gasteiger partial charge in [-0.05, 0) is 30.3 Å². The van der Waals surface area contributed by atoms with Crippen molar-refractivity contribution in [2.24, 2.45) is 0 Å². The second kappa shape index (κ2) is 5.73. The average molecular weight is 374 g/mol. The molecule has 1 aliphatic heterocycles. The normalized spacial score (nSPS) is 14.4. The third-order valence-corrected chi connectivity index (χ3v) is 5.06. The van der Waals surface area contributed by atoms with Crippen LogP contribution in [0.1, 0.15) is 10.4 Å². The van der Waals surface area contributed by atoms with Gasteiger partial charge in [-0.15, -0.1) is 0 Å². The minimum absolute atomic E-state index is 0.00476. The predicted octanol–water partition coefficient (Wildman–Crippen LogP) is 3.42. The van der Waals surface area contributed by atoms with Crippen molar-refractivity contribution < 1.29 is 30.8 Å². The van der Waals surface area contributed by atoms with Crippen molar-refractivity contribution in [1.29, 1.82) is 0 Å². The summed E-state index contributed by atoms with van der Waals surface area (Å²) in [7, 11) is -4.93. The zero-order valence-electron chi connectivity index (χ0n) is 12.3. The van der Waals surface area contributed by atoms with Gasteiger partial charge in [-0.2, -0.15) is 13.2 Å². The highest BCUT2D eigenvalue weighted by atomic mass is 32.2. The standard InChI is InChI=1S/C15H10F4N2O3S/c16-9-5-6-12-10(7-9)14(22)20-11-3-1-2-4-13(11)21(12)25(23,24)8-15(17,18)19/h1-7H,8H2,(H,20,22). The van der Waals surface area contributed by atoms with E-state index in [4.69, 9.17) is 0 Å². The molecular formula is C15H10F4N2O3S. The number of amides is 1. The number of benzene rings is 2. The summed E-state index contributed by atoms with van der Waals surface area (Å²) in [6.45, 7) is 0. The van der Waals surface area contributed by atoms with E-state index in [1.165, 1.54) is 24.3 Å². The molecule has 10 heteroatoms. The fraction of sp³-hybridized carbons (Fsp3) is 0.133. The maximum absolute atomic E-state index is 13.5. The van der Waals surface area contributed by atoms with Crippen molar-refractivity contribution in [2.45, 2.75) is 6.18 Å². The van der Waals surface area contributed by atoms with Crippen LogP contribution in [0.3, 0.4) is 0 Å². The Hall–Kier alpha value is -2.62. The lowest BCUT2D eigenvalue weighted by atomic mass is 10.1. The zero-order valence-corrected chi connectivity index (χ0v) is 13.2. The Kier molecular flexibility index (Phi) is 3.94. The van der Waals surface area contributed by atoms with Crippen LogP contribution in [0.2, 0.25) is 0 Å². The van der Waals surface area contributed by atoms with Crippen LogP contribution in [0.5, 0.6) is 0 Å². The van der Waals surface area contributed by atoms with Gasteiger partial charge >= 0.3 is 6.18 Å². The second-order valence-corrected chi connectivity index (χ2v) is 7.09. The Morgan fingerprint density at radius 3 is 2.40 bits per heavy atom. The van der Waals surface area contributed by atoms with Gasteiger partial charge in [0.2, 0.25) is 10.0 Å². The van der Waals surface area contributed by atoms with Crippen LogP contribution in [0, 0.1) is 5.82 Å². The first-order chi connectivity index (χ1) is 11.6. The van der Waals surface area contributed by atoms with E-state index in [0.29, 0.717) is 4.31 Å². The summed E-state index contributed by atoms with van der Waals surface area (Å²) in [5.41, 5.74) is -0.907. The predicted molar refractivity (Wildman–Crippen MR) is 82.8 cm³/mol. The zero-order chi connectivity index (χ0) is 18.4. The number of nitrogens with zero attached hydrogens (tertiary/aromatic N) is 1. The van der Waals surface area contributed by atoms with E-state index in [1.54, 1.807) is 0 Å². The highest BCUT2D eigenvalue weighted by molar-refractivity contribution is 7.93. The average Bonchev–Trinajstić information content (AvgIpc) is 2.59. The number of halogens is 4. The lowest BCUT2D eigenvalue weighted by molar-refractivity contribution is -0.106. The number of fused-ring (bicyclic) bond motifs is 2. The molecule has 0 atom stereocenters. The molecule has 0 radical (unpaired) electrons. The number of hydrogen-bond donors (Lipinski definition) is 1. The van der Waals surface area contributed by atoms with Gasteiger partial charge in [0.1, 0.15) is 5.82 Å². The van der Waals surface area contributed by atoms with Crippen LogP contribution < -0.4 is 9.62 Å². The maximum atomic E-state index is 13.5. The van der Waals surface area contributed by atoms with Gasteiger partial charge in [0.05, 0.1) is 22.6 Å². The molecule has 2 aromatic rings. The van der Waals surface area contributed by atoms with Crippen molar-refractivity contribution >= 4 is 33.0 Å². The number of rotatable bonds is 2. The summed E-state index contributed by atoms with van der Waals surface area (Å²) in [5.74, 6) is -3.78. The van der Waals surface area contributed by atoms with E-state index in [1.807, 2.05) is 0 Å². The Morgan fingerprint density at radius 1 is 1.04 bits per heavy atom. The quantitative estimate of drug-likeness (QED) is 0.819. The molecule has 1 amide bonds. The van der Waals surface area contributed by atoms with Gasteiger partial charge in [0.25, 0.3) is 5.91 Å². The van der Waals surface area contributed by atoms with Crippen LogP contribution in [-0.2, 0) is 10.0 Å². The van der Waals surface area contributed by atoms with Crippen LogP contribution in [0.4, 0.5) is 34.6 Å². The number of alkyl halides is 3. The molecule has 1 N–H and O–H groups in total. The molecular weight excluding hydrogens is 364 g/mol. The summed E-state index contributed by atoms with van der Waals surface area (Å²) in [6, 6.07) is 8.08. The summed E-state index contributed by atoms with van der Waals surface area (Å²) >= 11 is 0. The number of nitrogens with one attached hydrogen (secondary N) is 1. The van der Waals surface area contributed by atoms with E-state index in [9.17, 15) is 30.8 Å². The lowest BCUT2D eigenvalue weighted by Crippen LogP contribution is -2.35. The maximum Gasteiger partial charge on any atom is 0.404 e. The van der Waals surface area contributed by atoms with Gasteiger partial charge in [0.15, 0.2) is 5.75 Å². The number of sulfonamides is 1. The van der Waals surface area contributed by atoms with E-state index in [0.717, 1.165) is 18.2 Å². The van der Waals surface area contributed by atoms with E-state index >= 15 is 0 Å². The Bertz CT molecular complexity index is 957. The number of para-hydroxylation sites is 2. The molecule has 2 aromatic carbocycles. The molecule has 0 saturated heterocycles. The molecule has 25 heavy (non-hydrogen) atoms. The number of hydrogen-bond acceptors (Lipinski definition) is 3. The molecule has 0 spiro atoms. The monoisotopic (exact) mass is 374 g/mol. The van der Waals surface area contributed by atoms with E-state index in [-0.39, 0.29) is 22.6 Å². The molecule has 0 aromatic heterocycles. The number of carbonyl (C=O) groups excluding carboxylic acids is 1. The third-order valence-electron chi connectivity index (χ3n) is 3.42. The van der Waals surface area contributed by atoms with Gasteiger partial charge in [-0.1, -0.05) is 12.1 Å². The largest absolute Gasteiger partial charge is 0.404 e. The molecule has 0 aliphatic carbocycles. The van der Waals surface area contributed by atoms with Crippen molar-refractivity contribution in [3.05, 3.63) is 53.8 Å². The van der Waals surface area contributed by atoms with E-state index in [2.05, 4.69) is 5.32 Å². The lowest BCUT2D eigenvalue weighted by Gasteiger charge is -2.25. The second-order valence-electron chi connectivity index (χ2n) is 5.27. The van der Waals surface area contributed by atoms with Gasteiger partial charge in [-0.25, -0.2) is 17.1 Å². The number of anilines is 3. The van der Waals surface area contributed by atoms with Crippen molar-refractivity contribution in [3.8, 4) is 0 Å². The molecule has 3 rings (SSSR count). The van der Waals surface area contributed by atoms with Crippen LogP contribution in [0.25, 0.3) is 0 Å². The molecule has 0 unspecified atom stereocenters. The van der Waals surface area contributed by atoms with Gasteiger partial charge < -0.3 is 5.32 Å². The first kappa shape index (κ1) is 17.2. The minimum atomic E-state index is -4.99. The SMILES string of the molecule is O=C1Nc2ccccc2N(S(=O)(=O)CC(F)(F)F)c2ccc(F)cc21. The summed E-state index contributed by atoms with van der Waals surface area (Å²) in [5, 5.41) is 2.38. The molecule has 132 valence electrons. The fourth-order valence-corrected chi connectivity index (χ4v) is 3.97. The van der Waals surface area contributed by atoms with Crippen molar-refractivity contribution in [2.75, 3.05) is 15.4 Å². The van der Waals surface area contributed by atoms with Crippen molar-refractivity contribution in [1.82, 2.24) is 0 Å². The highest BCUT2D eigenvalue weighted by Crippen LogP contribution is 2.41. The van der Waals surface area contributed by atoms with Gasteiger partial charge in [0, 0.05) is 0 Å². The highest BCUT2D eigenvalue weighted by Gasteiger charge is 2.41. The fourth-order valence-electron chi connectivity index (χ4n) is 2.51. The Labute approximate surface area is 139 Å². The Morgan fingerprint density at radius 2 is 1.72 bits per heavy atom. The molecule has 0 saturated carbocycles. The van der Waals surface area contributed by atoms with Crippen LogP contribution >= 0.6 is 0 Å². The summed E-state index contributed by atoms with van der Waals surface area (Å²) in [4.78, 5) is 12.3.